The zero-order valence-electron chi connectivity index (χ0n) is 17.6. The zero-order valence-corrected chi connectivity index (χ0v) is 18.4. The maximum Gasteiger partial charge on any atom is 0.433 e. The third kappa shape index (κ3) is 5.52. The molecule has 182 valence electrons. The van der Waals surface area contributed by atoms with Crippen molar-refractivity contribution >= 4 is 23.4 Å². The first-order valence-electron chi connectivity index (χ1n) is 10.4. The fraction of sp³-hybridized carbons (Fsp3) is 0.409. The molecule has 2 aromatic rings. The number of hydrogen-bond acceptors (Lipinski definition) is 5. The quantitative estimate of drug-likeness (QED) is 0.540. The van der Waals surface area contributed by atoms with Crippen LogP contribution in [0.4, 0.5) is 17.6 Å². The summed E-state index contributed by atoms with van der Waals surface area (Å²) in [6, 6.07) is 5.60. The number of ether oxygens (including phenoxy) is 2. The molecule has 2 amide bonds. The third-order valence-electron chi connectivity index (χ3n) is 5.89. The number of aromatic nitrogens is 1. The molecule has 2 N–H and O–H groups in total. The standard InChI is InChI=1S/C22H20ClF4N3O4/c23-15-3-1-13(5-16(15)24)33-11-20(32)30-21-6-12(7-21)17(8-21)29-19(31)10-34-14-2-4-18(28-9-14)22(25,26)27/h1-5,9,12,17H,6-8,10-11H2,(H,29,31)(H,30,32). The van der Waals surface area contributed by atoms with Gasteiger partial charge in [-0.05, 0) is 49.4 Å². The van der Waals surface area contributed by atoms with Gasteiger partial charge in [0.1, 0.15) is 23.0 Å². The minimum absolute atomic E-state index is 0.0446. The van der Waals surface area contributed by atoms with Crippen molar-refractivity contribution in [2.75, 3.05) is 13.2 Å². The average molecular weight is 502 g/mol. The Hall–Kier alpha value is -3.08. The first-order valence-corrected chi connectivity index (χ1v) is 10.8. The Morgan fingerprint density at radius 1 is 1.06 bits per heavy atom. The molecule has 0 radical (unpaired) electrons. The van der Waals surface area contributed by atoms with Crippen LogP contribution in [0.3, 0.4) is 0 Å². The van der Waals surface area contributed by atoms with Gasteiger partial charge in [-0.3, -0.25) is 9.59 Å². The van der Waals surface area contributed by atoms with Gasteiger partial charge in [-0.25, -0.2) is 9.37 Å². The molecule has 34 heavy (non-hydrogen) atoms. The van der Waals surface area contributed by atoms with Crippen molar-refractivity contribution in [2.45, 2.75) is 37.0 Å². The normalized spacial score (nSPS) is 23.1. The molecular weight excluding hydrogens is 482 g/mol. The molecule has 3 saturated carbocycles. The van der Waals surface area contributed by atoms with E-state index in [2.05, 4.69) is 15.6 Å². The Bertz CT molecular complexity index is 1070. The summed E-state index contributed by atoms with van der Waals surface area (Å²) < 4.78 is 61.6. The number of alkyl halides is 3. The molecule has 1 atom stereocenters. The minimum atomic E-state index is -4.55. The molecule has 7 nitrogen and oxygen atoms in total. The molecule has 2 bridgehead atoms. The number of rotatable bonds is 8. The van der Waals surface area contributed by atoms with Gasteiger partial charge >= 0.3 is 6.18 Å². The number of carbonyl (C=O) groups excluding carboxylic acids is 2. The molecule has 1 heterocycles. The Kier molecular flexibility index (Phi) is 6.57. The van der Waals surface area contributed by atoms with Crippen LogP contribution in [0.5, 0.6) is 11.5 Å². The SMILES string of the molecule is O=C(COc1ccc(C(F)(F)F)nc1)NC1CC2(NC(=O)COc3ccc(Cl)c(F)c3)CC1C2. The monoisotopic (exact) mass is 501 g/mol. The van der Waals surface area contributed by atoms with Crippen LogP contribution in [0.15, 0.2) is 36.5 Å². The number of fused-ring (bicyclic) bond motifs is 1. The van der Waals surface area contributed by atoms with Crippen molar-refractivity contribution in [3.8, 4) is 11.5 Å². The van der Waals surface area contributed by atoms with Crippen LogP contribution >= 0.6 is 11.6 Å². The molecule has 1 unspecified atom stereocenters. The smallest absolute Gasteiger partial charge is 0.433 e. The van der Waals surface area contributed by atoms with Crippen LogP contribution in [-0.4, -0.2) is 41.6 Å². The largest absolute Gasteiger partial charge is 0.484 e. The lowest BCUT2D eigenvalue weighted by atomic mass is 9.76. The van der Waals surface area contributed by atoms with Gasteiger partial charge in [-0.1, -0.05) is 11.6 Å². The molecule has 5 rings (SSSR count). The molecule has 1 aromatic heterocycles. The van der Waals surface area contributed by atoms with E-state index < -0.39 is 29.1 Å². The Labute approximate surface area is 196 Å². The molecule has 0 saturated heterocycles. The number of pyridine rings is 1. The van der Waals surface area contributed by atoms with Gasteiger partial charge < -0.3 is 20.1 Å². The van der Waals surface area contributed by atoms with Gasteiger partial charge in [0.15, 0.2) is 13.2 Å². The lowest BCUT2D eigenvalue weighted by molar-refractivity contribution is -0.141. The summed E-state index contributed by atoms with van der Waals surface area (Å²) in [6.45, 7) is -0.666. The van der Waals surface area contributed by atoms with Gasteiger partial charge in [0.05, 0.1) is 11.2 Å². The molecule has 12 heteroatoms. The van der Waals surface area contributed by atoms with Gasteiger partial charge in [0.25, 0.3) is 11.8 Å². The van der Waals surface area contributed by atoms with Crippen molar-refractivity contribution in [1.82, 2.24) is 15.6 Å². The van der Waals surface area contributed by atoms with Crippen LogP contribution in [0, 0.1) is 11.7 Å². The molecule has 3 fully saturated rings. The van der Waals surface area contributed by atoms with E-state index >= 15 is 0 Å². The summed E-state index contributed by atoms with van der Waals surface area (Å²) in [4.78, 5) is 27.8. The fourth-order valence-corrected chi connectivity index (χ4v) is 4.50. The topological polar surface area (TPSA) is 89.5 Å². The Morgan fingerprint density at radius 3 is 2.38 bits per heavy atom. The lowest BCUT2D eigenvalue weighted by Gasteiger charge is -2.39. The van der Waals surface area contributed by atoms with Gasteiger partial charge in [0, 0.05) is 17.6 Å². The maximum absolute atomic E-state index is 13.5. The van der Waals surface area contributed by atoms with E-state index in [-0.39, 0.29) is 47.6 Å². The van der Waals surface area contributed by atoms with E-state index in [0.29, 0.717) is 19.3 Å². The summed E-state index contributed by atoms with van der Waals surface area (Å²) in [5.74, 6) is -1.01. The molecule has 3 aliphatic rings. The number of halogens is 5. The van der Waals surface area contributed by atoms with Gasteiger partial charge in [-0.15, -0.1) is 0 Å². The van der Waals surface area contributed by atoms with Gasteiger partial charge in [0.2, 0.25) is 0 Å². The number of nitrogens with zero attached hydrogens (tertiary/aromatic N) is 1. The number of benzene rings is 1. The van der Waals surface area contributed by atoms with E-state index in [9.17, 15) is 27.2 Å². The van der Waals surface area contributed by atoms with Gasteiger partial charge in [-0.2, -0.15) is 13.2 Å². The highest BCUT2D eigenvalue weighted by Gasteiger charge is 2.57. The van der Waals surface area contributed by atoms with E-state index in [1.165, 1.54) is 12.1 Å². The molecule has 0 spiro atoms. The maximum atomic E-state index is 13.5. The van der Waals surface area contributed by atoms with Crippen molar-refractivity contribution in [3.63, 3.8) is 0 Å². The summed E-state index contributed by atoms with van der Waals surface area (Å²) in [5.41, 5.74) is -1.49. The second kappa shape index (κ2) is 9.28. The highest BCUT2D eigenvalue weighted by atomic mass is 35.5. The summed E-state index contributed by atoms with van der Waals surface area (Å²) in [6.07, 6.45) is -1.71. The summed E-state index contributed by atoms with van der Waals surface area (Å²) in [5, 5.41) is 5.73. The summed E-state index contributed by atoms with van der Waals surface area (Å²) in [7, 11) is 0. The molecule has 1 aromatic carbocycles. The lowest BCUT2D eigenvalue weighted by Crippen LogP contribution is -2.53. The van der Waals surface area contributed by atoms with Crippen molar-refractivity contribution < 1.29 is 36.6 Å². The first-order chi connectivity index (χ1) is 16.0. The first kappa shape index (κ1) is 24.1. The second-order valence-electron chi connectivity index (χ2n) is 8.41. The predicted octanol–water partition coefficient (Wildman–Crippen LogP) is 3.50. The Morgan fingerprint density at radius 2 is 1.74 bits per heavy atom. The van der Waals surface area contributed by atoms with Crippen LogP contribution < -0.4 is 20.1 Å². The second-order valence-corrected chi connectivity index (χ2v) is 8.81. The highest BCUT2D eigenvalue weighted by molar-refractivity contribution is 6.30. The van der Waals surface area contributed by atoms with E-state index in [1.807, 2.05) is 0 Å². The molecule has 0 aliphatic heterocycles. The highest BCUT2D eigenvalue weighted by Crippen LogP contribution is 2.52. The molecule has 3 aliphatic carbocycles. The average Bonchev–Trinajstić information content (AvgIpc) is 3.26. The van der Waals surface area contributed by atoms with E-state index in [1.54, 1.807) is 0 Å². The fourth-order valence-electron chi connectivity index (χ4n) is 4.38. The number of nitrogens with one attached hydrogen (secondary N) is 2. The Balaban J connectivity index is 1.20. The van der Waals surface area contributed by atoms with Crippen LogP contribution in [0.1, 0.15) is 25.0 Å². The minimum Gasteiger partial charge on any atom is -0.484 e. The third-order valence-corrected chi connectivity index (χ3v) is 6.20. The van der Waals surface area contributed by atoms with E-state index in [4.69, 9.17) is 21.1 Å². The van der Waals surface area contributed by atoms with Crippen molar-refractivity contribution in [1.29, 1.82) is 0 Å². The van der Waals surface area contributed by atoms with Crippen LogP contribution in [0.2, 0.25) is 5.02 Å². The number of hydrogen-bond donors (Lipinski definition) is 2. The number of carbonyl (C=O) groups is 2. The number of amides is 2. The van der Waals surface area contributed by atoms with Crippen molar-refractivity contribution in [2.24, 2.45) is 5.92 Å². The summed E-state index contributed by atoms with van der Waals surface area (Å²) >= 11 is 5.61. The van der Waals surface area contributed by atoms with Crippen LogP contribution in [-0.2, 0) is 15.8 Å². The predicted molar refractivity (Wildman–Crippen MR) is 112 cm³/mol. The zero-order chi connectivity index (χ0) is 24.5. The molecular formula is C22H20ClF4N3O4. The van der Waals surface area contributed by atoms with Crippen molar-refractivity contribution in [3.05, 3.63) is 53.1 Å². The van der Waals surface area contributed by atoms with Crippen LogP contribution in [0.25, 0.3) is 0 Å². The van der Waals surface area contributed by atoms with E-state index in [0.717, 1.165) is 24.4 Å².